The summed E-state index contributed by atoms with van der Waals surface area (Å²) in [5.41, 5.74) is -0.996. The molecule has 1 aromatic rings. The van der Waals surface area contributed by atoms with Crippen LogP contribution in [0, 0.1) is 12.3 Å². The highest BCUT2D eigenvalue weighted by atomic mass is 79.9. The highest BCUT2D eigenvalue weighted by Crippen LogP contribution is 2.35. The number of carbonyl (C=O) groups excluding carboxylic acids is 1. The minimum Gasteiger partial charge on any atom is -0.340 e. The van der Waals surface area contributed by atoms with Crippen LogP contribution in [-0.2, 0) is 6.18 Å². The first-order chi connectivity index (χ1) is 8.84. The summed E-state index contributed by atoms with van der Waals surface area (Å²) >= 11 is 2.84. The van der Waals surface area contributed by atoms with Gasteiger partial charge in [-0.25, -0.2) is 0 Å². The van der Waals surface area contributed by atoms with Gasteiger partial charge in [-0.3, -0.25) is 8.39 Å². The van der Waals surface area contributed by atoms with E-state index >= 15 is 0 Å². The predicted molar refractivity (Wildman–Crippen MR) is 74.9 cm³/mol. The fraction of sp³-hybridized carbons (Fsp3) is 0.615. The van der Waals surface area contributed by atoms with Crippen molar-refractivity contribution < 1.29 is 18.0 Å². The molecule has 114 valence electrons. The van der Waals surface area contributed by atoms with Crippen LogP contribution in [0.25, 0.3) is 0 Å². The molecule has 0 aliphatic carbocycles. The number of hydrogen-bond acceptors (Lipinski definition) is 1. The molecule has 0 saturated carbocycles. The summed E-state index contributed by atoms with van der Waals surface area (Å²) in [6, 6.07) is 1.25. The maximum Gasteiger partial charge on any atom is 0.432 e. The molecule has 0 aromatic carbocycles. The normalized spacial score (nSPS) is 12.7. The van der Waals surface area contributed by atoms with Crippen molar-refractivity contribution in [2.45, 2.75) is 33.9 Å². The van der Waals surface area contributed by atoms with E-state index < -0.39 is 17.8 Å². The van der Waals surface area contributed by atoms with Gasteiger partial charge < -0.3 is 4.90 Å². The van der Waals surface area contributed by atoms with E-state index in [1.165, 1.54) is 17.9 Å². The van der Waals surface area contributed by atoms with Crippen LogP contribution in [0.1, 0.15) is 42.5 Å². The lowest BCUT2D eigenvalue weighted by Crippen LogP contribution is -2.35. The number of aromatic nitrogens is 1. The van der Waals surface area contributed by atoms with Crippen LogP contribution >= 0.6 is 16.1 Å². The van der Waals surface area contributed by atoms with Gasteiger partial charge in [0.1, 0.15) is 11.4 Å². The van der Waals surface area contributed by atoms with Crippen LogP contribution in [0.5, 0.6) is 0 Å². The number of nitrogens with zero attached hydrogens (tertiary/aromatic N) is 2. The zero-order valence-electron chi connectivity index (χ0n) is 12.1. The van der Waals surface area contributed by atoms with Crippen LogP contribution < -0.4 is 0 Å². The van der Waals surface area contributed by atoms with Crippen molar-refractivity contribution in [3.05, 3.63) is 23.0 Å². The summed E-state index contributed by atoms with van der Waals surface area (Å²) in [5.74, 6) is -0.449. The van der Waals surface area contributed by atoms with Crippen molar-refractivity contribution in [3.63, 3.8) is 0 Å². The van der Waals surface area contributed by atoms with Crippen molar-refractivity contribution in [2.75, 3.05) is 13.6 Å². The van der Waals surface area contributed by atoms with Crippen LogP contribution in [0.4, 0.5) is 13.2 Å². The molecule has 1 amide bonds. The van der Waals surface area contributed by atoms with Crippen molar-refractivity contribution in [2.24, 2.45) is 5.41 Å². The molecule has 0 unspecified atom stereocenters. The quantitative estimate of drug-likeness (QED) is 0.785. The van der Waals surface area contributed by atoms with E-state index in [1.54, 1.807) is 7.05 Å². The lowest BCUT2D eigenvalue weighted by molar-refractivity contribution is -0.141. The first-order valence-corrected chi connectivity index (χ1v) is 6.76. The molecule has 3 nitrogen and oxygen atoms in total. The highest BCUT2D eigenvalue weighted by molar-refractivity contribution is 9.08. The van der Waals surface area contributed by atoms with Crippen LogP contribution in [-0.4, -0.2) is 28.0 Å². The Morgan fingerprint density at radius 3 is 2.20 bits per heavy atom. The van der Waals surface area contributed by atoms with E-state index in [2.05, 4.69) is 16.1 Å². The topological polar surface area (TPSA) is 25.2 Å². The molecule has 0 bridgehead atoms. The van der Waals surface area contributed by atoms with Gasteiger partial charge in [-0.1, -0.05) is 20.8 Å². The van der Waals surface area contributed by atoms with Gasteiger partial charge in [0, 0.05) is 13.6 Å². The average molecular weight is 355 g/mol. The SMILES string of the molecule is Cc1cc(C(=O)N(C)CC(C)(C)C)n(Br)c1C(F)(F)F. The third kappa shape index (κ3) is 3.77. The zero-order valence-corrected chi connectivity index (χ0v) is 13.7. The minimum absolute atomic E-state index is 0.0156. The summed E-state index contributed by atoms with van der Waals surface area (Å²) in [6.45, 7) is 7.65. The molecule has 1 aromatic heterocycles. The smallest absolute Gasteiger partial charge is 0.340 e. The maximum absolute atomic E-state index is 12.9. The largest absolute Gasteiger partial charge is 0.432 e. The molecule has 7 heteroatoms. The number of amides is 1. The second-order valence-corrected chi connectivity index (χ2v) is 6.77. The van der Waals surface area contributed by atoms with Gasteiger partial charge in [-0.2, -0.15) is 13.2 Å². The summed E-state index contributed by atoms with van der Waals surface area (Å²) in [7, 11) is 1.58. The van der Waals surface area contributed by atoms with Gasteiger partial charge in [-0.05, 0) is 24.0 Å². The van der Waals surface area contributed by atoms with Gasteiger partial charge in [0.25, 0.3) is 5.91 Å². The first-order valence-electron chi connectivity index (χ1n) is 6.06. The molecule has 0 spiro atoms. The molecule has 0 aliphatic rings. The van der Waals surface area contributed by atoms with E-state index in [4.69, 9.17) is 0 Å². The summed E-state index contributed by atoms with van der Waals surface area (Å²) in [4.78, 5) is 13.7. The van der Waals surface area contributed by atoms with E-state index in [1.807, 2.05) is 20.8 Å². The van der Waals surface area contributed by atoms with Crippen molar-refractivity contribution in [3.8, 4) is 0 Å². The molecule has 1 heterocycles. The number of halogens is 4. The van der Waals surface area contributed by atoms with Crippen LogP contribution in [0.2, 0.25) is 0 Å². The minimum atomic E-state index is -4.51. The Kier molecular flexibility index (Phi) is 4.63. The summed E-state index contributed by atoms with van der Waals surface area (Å²) in [6.07, 6.45) is -4.51. The standard InChI is InChI=1S/C13H18BrF3N2O/c1-8-6-9(19(14)10(8)13(15,16)17)11(20)18(5)7-12(2,3)4/h6H,7H2,1-5H3. The third-order valence-corrected chi connectivity index (χ3v) is 3.42. The lowest BCUT2D eigenvalue weighted by Gasteiger charge is -2.26. The van der Waals surface area contributed by atoms with Gasteiger partial charge in [0.2, 0.25) is 0 Å². The fourth-order valence-corrected chi connectivity index (χ4v) is 2.80. The molecule has 20 heavy (non-hydrogen) atoms. The summed E-state index contributed by atoms with van der Waals surface area (Å²) < 4.78 is 39.4. The maximum atomic E-state index is 12.9. The third-order valence-electron chi connectivity index (χ3n) is 2.68. The number of rotatable bonds is 2. The lowest BCUT2D eigenvalue weighted by atomic mass is 9.96. The average Bonchev–Trinajstić information content (AvgIpc) is 2.49. The zero-order chi connectivity index (χ0) is 15.9. The Balaban J connectivity index is 3.13. The number of carbonyl (C=O) groups is 1. The second-order valence-electron chi connectivity index (χ2n) is 6.06. The highest BCUT2D eigenvalue weighted by Gasteiger charge is 2.38. The molecule has 1 rings (SSSR count). The summed E-state index contributed by atoms with van der Waals surface area (Å²) in [5, 5.41) is 0. The fourth-order valence-electron chi connectivity index (χ4n) is 2.06. The van der Waals surface area contributed by atoms with E-state index in [-0.39, 0.29) is 16.7 Å². The van der Waals surface area contributed by atoms with E-state index in [0.717, 1.165) is 3.59 Å². The Bertz CT molecular complexity index is 515. The molecule has 0 aliphatic heterocycles. The molecular formula is C13H18BrF3N2O. The van der Waals surface area contributed by atoms with Crippen molar-refractivity contribution in [1.82, 2.24) is 8.49 Å². The second kappa shape index (κ2) is 5.42. The molecular weight excluding hydrogens is 337 g/mol. The van der Waals surface area contributed by atoms with E-state index in [9.17, 15) is 18.0 Å². The van der Waals surface area contributed by atoms with Crippen LogP contribution in [0.15, 0.2) is 6.07 Å². The Morgan fingerprint density at radius 1 is 1.35 bits per heavy atom. The van der Waals surface area contributed by atoms with Crippen LogP contribution in [0.3, 0.4) is 0 Å². The number of alkyl halides is 3. The molecule has 0 radical (unpaired) electrons. The van der Waals surface area contributed by atoms with Gasteiger partial charge in [0.15, 0.2) is 0 Å². The first kappa shape index (κ1) is 17.1. The predicted octanol–water partition coefficient (Wildman–Crippen LogP) is 4.09. The molecule has 0 saturated heterocycles. The van der Waals surface area contributed by atoms with Gasteiger partial charge in [-0.15, -0.1) is 0 Å². The number of aryl methyl sites for hydroxylation is 1. The number of hydrogen-bond donors (Lipinski definition) is 0. The van der Waals surface area contributed by atoms with Crippen molar-refractivity contribution in [1.29, 1.82) is 0 Å². The Hall–Kier alpha value is -0.980. The van der Waals surface area contributed by atoms with E-state index in [0.29, 0.717) is 6.54 Å². The van der Waals surface area contributed by atoms with Crippen molar-refractivity contribution >= 4 is 22.1 Å². The van der Waals surface area contributed by atoms with Gasteiger partial charge >= 0.3 is 6.18 Å². The molecule has 0 fully saturated rings. The molecule has 0 atom stereocenters. The monoisotopic (exact) mass is 354 g/mol. The Labute approximate surface area is 125 Å². The Morgan fingerprint density at radius 2 is 1.85 bits per heavy atom. The molecule has 0 N–H and O–H groups in total. The van der Waals surface area contributed by atoms with Gasteiger partial charge in [0.05, 0.1) is 16.1 Å².